The molecule has 2 rings (SSSR count). The number of ether oxygens (including phenoxy) is 1. The van der Waals surface area contributed by atoms with Crippen molar-refractivity contribution in [3.05, 3.63) is 56.4 Å². The molecule has 1 aromatic heterocycles. The molecular formula is C15H14ClN3O5. The van der Waals surface area contributed by atoms with E-state index in [1.807, 2.05) is 0 Å². The molecule has 1 aromatic carbocycles. The van der Waals surface area contributed by atoms with E-state index in [1.165, 1.54) is 30.7 Å². The van der Waals surface area contributed by atoms with Crippen molar-refractivity contribution in [1.82, 2.24) is 9.78 Å². The van der Waals surface area contributed by atoms with Gasteiger partial charge in [0, 0.05) is 10.6 Å². The van der Waals surface area contributed by atoms with Crippen molar-refractivity contribution in [2.24, 2.45) is 0 Å². The van der Waals surface area contributed by atoms with Crippen LogP contribution in [0.4, 0.5) is 5.69 Å². The molecule has 0 spiro atoms. The minimum Gasteiger partial charge on any atom is -0.456 e. The van der Waals surface area contributed by atoms with Crippen LogP contribution in [0.5, 0.6) is 0 Å². The lowest BCUT2D eigenvalue weighted by molar-refractivity contribution is -0.386. The molecule has 0 N–H and O–H groups in total. The number of nitro groups is 1. The van der Waals surface area contributed by atoms with Gasteiger partial charge in [-0.3, -0.25) is 24.4 Å². The van der Waals surface area contributed by atoms with Crippen molar-refractivity contribution in [3.8, 4) is 0 Å². The molecule has 0 saturated carbocycles. The molecular weight excluding hydrogens is 338 g/mol. The second-order valence-corrected chi connectivity index (χ2v) is 5.46. The minimum absolute atomic E-state index is 0.139. The van der Waals surface area contributed by atoms with Crippen LogP contribution in [-0.2, 0) is 16.1 Å². The summed E-state index contributed by atoms with van der Waals surface area (Å²) in [5, 5.41) is 15.4. The van der Waals surface area contributed by atoms with Gasteiger partial charge >= 0.3 is 11.7 Å². The Morgan fingerprint density at radius 1 is 1.29 bits per heavy atom. The molecule has 0 aliphatic rings. The van der Waals surface area contributed by atoms with Crippen molar-refractivity contribution in [2.45, 2.75) is 20.4 Å². The highest BCUT2D eigenvalue weighted by Gasteiger charge is 2.23. The average Bonchev–Trinajstić information content (AvgIpc) is 2.79. The molecule has 24 heavy (non-hydrogen) atoms. The number of aromatic nitrogens is 2. The van der Waals surface area contributed by atoms with E-state index in [2.05, 4.69) is 5.10 Å². The molecule has 126 valence electrons. The van der Waals surface area contributed by atoms with Gasteiger partial charge in [-0.15, -0.1) is 0 Å². The van der Waals surface area contributed by atoms with Gasteiger partial charge in [0.15, 0.2) is 12.4 Å². The molecule has 9 heteroatoms. The number of Topliss-reactive ketones (excluding diaryl/α,β-unsaturated/α-hetero) is 1. The second-order valence-electron chi connectivity index (χ2n) is 5.02. The fourth-order valence-corrected chi connectivity index (χ4v) is 2.26. The number of aryl methyl sites for hydroxylation is 1. The maximum Gasteiger partial charge on any atom is 0.328 e. The molecule has 0 unspecified atom stereocenters. The number of rotatable bonds is 6. The Kier molecular flexibility index (Phi) is 5.30. The first-order chi connectivity index (χ1) is 11.3. The number of esters is 1. The average molecular weight is 352 g/mol. The van der Waals surface area contributed by atoms with Crippen LogP contribution in [0.15, 0.2) is 24.3 Å². The minimum atomic E-state index is -0.710. The van der Waals surface area contributed by atoms with Crippen LogP contribution in [0.1, 0.15) is 21.7 Å². The molecule has 1 heterocycles. The second kappa shape index (κ2) is 7.22. The van der Waals surface area contributed by atoms with Crippen LogP contribution in [-0.4, -0.2) is 33.1 Å². The van der Waals surface area contributed by atoms with Gasteiger partial charge in [-0.2, -0.15) is 5.10 Å². The standard InChI is InChI=1S/C15H14ClN3O5/c1-9-15(19(22)23)10(2)18(17-9)7-14(21)24-8-13(20)11-3-5-12(16)6-4-11/h3-6H,7-8H2,1-2H3. The Balaban J connectivity index is 1.96. The van der Waals surface area contributed by atoms with E-state index < -0.39 is 17.5 Å². The van der Waals surface area contributed by atoms with Gasteiger partial charge in [-0.1, -0.05) is 11.6 Å². The summed E-state index contributed by atoms with van der Waals surface area (Å²) in [6, 6.07) is 6.18. The van der Waals surface area contributed by atoms with Gasteiger partial charge in [-0.05, 0) is 38.1 Å². The number of hydrogen-bond donors (Lipinski definition) is 0. The largest absolute Gasteiger partial charge is 0.456 e. The van der Waals surface area contributed by atoms with E-state index in [9.17, 15) is 19.7 Å². The van der Waals surface area contributed by atoms with Crippen LogP contribution >= 0.6 is 11.6 Å². The lowest BCUT2D eigenvalue weighted by Gasteiger charge is -2.06. The Bertz CT molecular complexity index is 798. The highest BCUT2D eigenvalue weighted by Crippen LogP contribution is 2.21. The van der Waals surface area contributed by atoms with Crippen LogP contribution in [0.25, 0.3) is 0 Å². The zero-order chi connectivity index (χ0) is 17.9. The first kappa shape index (κ1) is 17.6. The smallest absolute Gasteiger partial charge is 0.328 e. The summed E-state index contributed by atoms with van der Waals surface area (Å²) in [5.74, 6) is -1.09. The van der Waals surface area contributed by atoms with Crippen LogP contribution in [0, 0.1) is 24.0 Å². The number of benzene rings is 1. The van der Waals surface area contributed by atoms with E-state index >= 15 is 0 Å². The molecule has 8 nitrogen and oxygen atoms in total. The fourth-order valence-electron chi connectivity index (χ4n) is 2.14. The number of carbonyl (C=O) groups excluding carboxylic acids is 2. The van der Waals surface area contributed by atoms with Crippen molar-refractivity contribution < 1.29 is 19.2 Å². The third-order valence-corrected chi connectivity index (χ3v) is 3.59. The van der Waals surface area contributed by atoms with Gasteiger partial charge in [0.05, 0.1) is 4.92 Å². The van der Waals surface area contributed by atoms with E-state index in [0.717, 1.165) is 0 Å². The molecule has 2 aromatic rings. The summed E-state index contributed by atoms with van der Waals surface area (Å²) in [7, 11) is 0. The van der Waals surface area contributed by atoms with Crippen LogP contribution in [0.3, 0.4) is 0 Å². The Hall–Kier alpha value is -2.74. The lowest BCUT2D eigenvalue weighted by atomic mass is 10.1. The van der Waals surface area contributed by atoms with E-state index in [0.29, 0.717) is 10.6 Å². The topological polar surface area (TPSA) is 104 Å². The molecule has 0 amide bonds. The number of nitrogens with zero attached hydrogens (tertiary/aromatic N) is 3. The summed E-state index contributed by atoms with van der Waals surface area (Å²) in [4.78, 5) is 34.1. The predicted molar refractivity (Wildman–Crippen MR) is 85.1 cm³/mol. The summed E-state index contributed by atoms with van der Waals surface area (Å²) in [6.45, 7) is 2.23. The number of carbonyl (C=O) groups is 2. The zero-order valence-corrected chi connectivity index (χ0v) is 13.7. The Labute approximate surface area is 142 Å². The maximum atomic E-state index is 11.9. The van der Waals surface area contributed by atoms with Gasteiger partial charge in [0.2, 0.25) is 0 Å². The third-order valence-electron chi connectivity index (χ3n) is 3.34. The molecule has 0 saturated heterocycles. The molecule has 0 bridgehead atoms. The van der Waals surface area contributed by atoms with E-state index in [4.69, 9.17) is 16.3 Å². The molecule has 0 atom stereocenters. The molecule has 0 aliphatic heterocycles. The third kappa shape index (κ3) is 3.96. The number of ketones is 1. The summed E-state index contributed by atoms with van der Waals surface area (Å²) in [6.07, 6.45) is 0. The predicted octanol–water partition coefficient (Wildman–Crippen LogP) is 2.49. The Morgan fingerprint density at radius 3 is 2.46 bits per heavy atom. The lowest BCUT2D eigenvalue weighted by Crippen LogP contribution is -2.19. The van der Waals surface area contributed by atoms with Gasteiger partial charge in [-0.25, -0.2) is 0 Å². The quantitative estimate of drug-likeness (QED) is 0.342. The molecule has 0 aliphatic carbocycles. The van der Waals surface area contributed by atoms with Gasteiger partial charge in [0.1, 0.15) is 17.9 Å². The fraction of sp³-hybridized carbons (Fsp3) is 0.267. The zero-order valence-electron chi connectivity index (χ0n) is 13.0. The van der Waals surface area contributed by atoms with Crippen molar-refractivity contribution in [2.75, 3.05) is 6.61 Å². The summed E-state index contributed by atoms with van der Waals surface area (Å²) < 4.78 is 6.09. The highest BCUT2D eigenvalue weighted by molar-refractivity contribution is 6.30. The van der Waals surface area contributed by atoms with Gasteiger partial charge in [0.25, 0.3) is 0 Å². The van der Waals surface area contributed by atoms with Crippen molar-refractivity contribution >= 4 is 29.0 Å². The van der Waals surface area contributed by atoms with E-state index in [-0.39, 0.29) is 29.4 Å². The first-order valence-corrected chi connectivity index (χ1v) is 7.30. The maximum absolute atomic E-state index is 11.9. The van der Waals surface area contributed by atoms with E-state index in [1.54, 1.807) is 12.1 Å². The monoisotopic (exact) mass is 351 g/mol. The van der Waals surface area contributed by atoms with Crippen molar-refractivity contribution in [1.29, 1.82) is 0 Å². The summed E-state index contributed by atoms with van der Waals surface area (Å²) >= 11 is 5.73. The molecule has 0 fully saturated rings. The van der Waals surface area contributed by atoms with Crippen molar-refractivity contribution in [3.63, 3.8) is 0 Å². The number of hydrogen-bond acceptors (Lipinski definition) is 6. The highest BCUT2D eigenvalue weighted by atomic mass is 35.5. The van der Waals surface area contributed by atoms with Crippen LogP contribution in [0.2, 0.25) is 5.02 Å². The normalized spacial score (nSPS) is 10.5. The van der Waals surface area contributed by atoms with Crippen LogP contribution < -0.4 is 0 Å². The van der Waals surface area contributed by atoms with Gasteiger partial charge < -0.3 is 4.74 Å². The number of halogens is 1. The molecule has 0 radical (unpaired) electrons. The summed E-state index contributed by atoms with van der Waals surface area (Å²) in [5.41, 5.74) is 0.690. The first-order valence-electron chi connectivity index (χ1n) is 6.92. The SMILES string of the molecule is Cc1nn(CC(=O)OCC(=O)c2ccc(Cl)cc2)c(C)c1[N+](=O)[O-]. The Morgan fingerprint density at radius 2 is 1.92 bits per heavy atom.